The number of rotatable bonds is 4. The molecule has 0 amide bonds. The maximum atomic E-state index is 10.3. The molecule has 0 aliphatic heterocycles. The smallest absolute Gasteiger partial charge is 0.0998 e. The van der Waals surface area contributed by atoms with Crippen LogP contribution in [0.5, 0.6) is 0 Å². The van der Waals surface area contributed by atoms with Crippen molar-refractivity contribution in [1.82, 2.24) is 9.55 Å². The highest BCUT2D eigenvalue weighted by atomic mass is 15.0. The summed E-state index contributed by atoms with van der Waals surface area (Å²) in [6.45, 7) is 2.16. The van der Waals surface area contributed by atoms with Gasteiger partial charge in [-0.25, -0.2) is 0 Å². The fourth-order valence-corrected chi connectivity index (χ4v) is 5.78. The van der Waals surface area contributed by atoms with Gasteiger partial charge in [-0.3, -0.25) is 4.98 Å². The molecule has 0 fully saturated rings. The average molecular weight is 512 g/mol. The molecule has 0 saturated heterocycles. The number of aryl methyl sites for hydroxylation is 1. The molecular formula is C37H25N3. The van der Waals surface area contributed by atoms with Crippen LogP contribution in [0, 0.1) is 18.3 Å². The second-order valence-electron chi connectivity index (χ2n) is 10.0. The van der Waals surface area contributed by atoms with Crippen molar-refractivity contribution in [1.29, 1.82) is 5.26 Å². The Balaban J connectivity index is 1.56. The van der Waals surface area contributed by atoms with E-state index in [1.54, 1.807) is 12.4 Å². The van der Waals surface area contributed by atoms with E-state index in [9.17, 15) is 5.26 Å². The van der Waals surface area contributed by atoms with Crippen LogP contribution in [0.25, 0.3) is 60.9 Å². The van der Waals surface area contributed by atoms with E-state index in [2.05, 4.69) is 120 Å². The molecule has 7 aromatic rings. The third-order valence-corrected chi connectivity index (χ3v) is 7.70. The Kier molecular flexibility index (Phi) is 5.73. The molecule has 3 heteroatoms. The van der Waals surface area contributed by atoms with Gasteiger partial charge in [-0.15, -0.1) is 0 Å². The first kappa shape index (κ1) is 23.6. The van der Waals surface area contributed by atoms with Gasteiger partial charge in [0.15, 0.2) is 0 Å². The van der Waals surface area contributed by atoms with Crippen LogP contribution in [0.2, 0.25) is 0 Å². The number of hydrogen-bond acceptors (Lipinski definition) is 2. The molecule has 7 rings (SSSR count). The standard InChI is InChI=1S/C37H25N3/c1-25-9-5-6-12-30(25)28-15-16-36-34(21-28)31-13-7-8-14-35(31)40(36)37-22-29(24-38)32(27-17-19-39-20-18-27)23-33(37)26-10-3-2-4-11-26/h2-23H,1H3. The number of pyridine rings is 1. The molecule has 0 aliphatic rings. The fourth-order valence-electron chi connectivity index (χ4n) is 5.78. The quantitative estimate of drug-likeness (QED) is 0.236. The Hall–Kier alpha value is -5.46. The molecule has 0 saturated carbocycles. The van der Waals surface area contributed by atoms with Gasteiger partial charge in [-0.05, 0) is 77.2 Å². The molecule has 5 aromatic carbocycles. The zero-order valence-electron chi connectivity index (χ0n) is 22.0. The number of para-hydroxylation sites is 1. The maximum absolute atomic E-state index is 10.3. The lowest BCUT2D eigenvalue weighted by Gasteiger charge is -2.17. The second-order valence-corrected chi connectivity index (χ2v) is 10.0. The zero-order chi connectivity index (χ0) is 27.1. The molecule has 0 atom stereocenters. The predicted octanol–water partition coefficient (Wildman–Crippen LogP) is 9.36. The minimum absolute atomic E-state index is 0.628. The first-order chi connectivity index (χ1) is 19.7. The third-order valence-electron chi connectivity index (χ3n) is 7.70. The van der Waals surface area contributed by atoms with Crippen molar-refractivity contribution < 1.29 is 0 Å². The van der Waals surface area contributed by atoms with Gasteiger partial charge in [0, 0.05) is 34.3 Å². The van der Waals surface area contributed by atoms with Crippen LogP contribution in [0.1, 0.15) is 11.1 Å². The summed E-state index contributed by atoms with van der Waals surface area (Å²) in [7, 11) is 0. The summed E-state index contributed by atoms with van der Waals surface area (Å²) >= 11 is 0. The normalized spacial score (nSPS) is 11.1. The molecular weight excluding hydrogens is 486 g/mol. The maximum Gasteiger partial charge on any atom is 0.0998 e. The van der Waals surface area contributed by atoms with Crippen LogP contribution < -0.4 is 0 Å². The summed E-state index contributed by atoms with van der Waals surface area (Å²) in [6.07, 6.45) is 3.54. The minimum atomic E-state index is 0.628. The van der Waals surface area contributed by atoms with Crippen molar-refractivity contribution in [3.63, 3.8) is 0 Å². The first-order valence-electron chi connectivity index (χ1n) is 13.4. The molecule has 3 nitrogen and oxygen atoms in total. The van der Waals surface area contributed by atoms with Gasteiger partial charge in [0.05, 0.1) is 28.4 Å². The van der Waals surface area contributed by atoms with Crippen molar-refractivity contribution in [3.05, 3.63) is 145 Å². The van der Waals surface area contributed by atoms with E-state index >= 15 is 0 Å². The van der Waals surface area contributed by atoms with Crippen molar-refractivity contribution in [2.75, 3.05) is 0 Å². The number of nitrogens with zero attached hydrogens (tertiary/aromatic N) is 3. The molecule has 2 aromatic heterocycles. The summed E-state index contributed by atoms with van der Waals surface area (Å²) in [5.74, 6) is 0. The SMILES string of the molecule is Cc1ccccc1-c1ccc2c(c1)c1ccccc1n2-c1cc(C#N)c(-c2ccncc2)cc1-c1ccccc1. The van der Waals surface area contributed by atoms with Gasteiger partial charge in [-0.2, -0.15) is 5.26 Å². The molecule has 188 valence electrons. The van der Waals surface area contributed by atoms with Gasteiger partial charge < -0.3 is 4.57 Å². The highest BCUT2D eigenvalue weighted by Gasteiger charge is 2.19. The van der Waals surface area contributed by atoms with Crippen molar-refractivity contribution in [2.24, 2.45) is 0 Å². The van der Waals surface area contributed by atoms with Gasteiger partial charge in [0.25, 0.3) is 0 Å². The third kappa shape index (κ3) is 3.86. The van der Waals surface area contributed by atoms with Crippen LogP contribution in [0.4, 0.5) is 0 Å². The van der Waals surface area contributed by atoms with Crippen molar-refractivity contribution in [2.45, 2.75) is 6.92 Å². The summed E-state index contributed by atoms with van der Waals surface area (Å²) in [5.41, 5.74) is 11.5. The number of benzene rings is 5. The van der Waals surface area contributed by atoms with E-state index in [-0.39, 0.29) is 0 Å². The molecule has 40 heavy (non-hydrogen) atoms. The molecule has 0 spiro atoms. The van der Waals surface area contributed by atoms with E-state index in [1.165, 1.54) is 27.5 Å². The Bertz CT molecular complexity index is 2060. The monoisotopic (exact) mass is 511 g/mol. The van der Waals surface area contributed by atoms with Crippen molar-refractivity contribution >= 4 is 21.8 Å². The Morgan fingerprint density at radius 2 is 1.27 bits per heavy atom. The molecule has 0 aliphatic carbocycles. The molecule has 0 bridgehead atoms. The lowest BCUT2D eigenvalue weighted by molar-refractivity contribution is 1.18. The van der Waals surface area contributed by atoms with E-state index in [4.69, 9.17) is 0 Å². The minimum Gasteiger partial charge on any atom is -0.309 e. The number of fused-ring (bicyclic) bond motifs is 3. The molecule has 2 heterocycles. The van der Waals surface area contributed by atoms with Crippen LogP contribution in [-0.4, -0.2) is 9.55 Å². The summed E-state index contributed by atoms with van der Waals surface area (Å²) < 4.78 is 2.31. The summed E-state index contributed by atoms with van der Waals surface area (Å²) in [4.78, 5) is 4.18. The Morgan fingerprint density at radius 3 is 2.08 bits per heavy atom. The van der Waals surface area contributed by atoms with Gasteiger partial charge in [0.2, 0.25) is 0 Å². The summed E-state index contributed by atoms with van der Waals surface area (Å²) in [6, 6.07) is 44.8. The highest BCUT2D eigenvalue weighted by molar-refractivity contribution is 6.11. The molecule has 0 radical (unpaired) electrons. The summed E-state index contributed by atoms with van der Waals surface area (Å²) in [5, 5.41) is 12.7. The Morgan fingerprint density at radius 1 is 0.575 bits per heavy atom. The molecule has 0 unspecified atom stereocenters. The average Bonchev–Trinajstić information content (AvgIpc) is 3.35. The largest absolute Gasteiger partial charge is 0.309 e. The van der Waals surface area contributed by atoms with E-state index in [0.717, 1.165) is 39.0 Å². The van der Waals surface area contributed by atoms with E-state index in [0.29, 0.717) is 5.56 Å². The predicted molar refractivity (Wildman–Crippen MR) is 164 cm³/mol. The van der Waals surface area contributed by atoms with Crippen LogP contribution in [-0.2, 0) is 0 Å². The Labute approximate surface area is 233 Å². The van der Waals surface area contributed by atoms with Gasteiger partial charge >= 0.3 is 0 Å². The number of hydrogen-bond donors (Lipinski definition) is 0. The number of aromatic nitrogens is 2. The van der Waals surface area contributed by atoms with Gasteiger partial charge in [-0.1, -0.05) is 78.9 Å². The first-order valence-corrected chi connectivity index (χ1v) is 13.4. The number of nitriles is 1. The van der Waals surface area contributed by atoms with E-state index in [1.807, 2.05) is 24.3 Å². The van der Waals surface area contributed by atoms with Crippen LogP contribution in [0.3, 0.4) is 0 Å². The highest BCUT2D eigenvalue weighted by Crippen LogP contribution is 2.40. The zero-order valence-corrected chi connectivity index (χ0v) is 22.0. The lowest BCUT2D eigenvalue weighted by Crippen LogP contribution is -2.00. The van der Waals surface area contributed by atoms with E-state index < -0.39 is 0 Å². The van der Waals surface area contributed by atoms with Crippen molar-refractivity contribution in [3.8, 4) is 45.1 Å². The fraction of sp³-hybridized carbons (Fsp3) is 0.0270. The van der Waals surface area contributed by atoms with Crippen LogP contribution >= 0.6 is 0 Å². The van der Waals surface area contributed by atoms with Gasteiger partial charge in [0.1, 0.15) is 0 Å². The van der Waals surface area contributed by atoms with Crippen LogP contribution in [0.15, 0.2) is 134 Å². The molecule has 0 N–H and O–H groups in total. The lowest BCUT2D eigenvalue weighted by atomic mass is 9.93. The topological polar surface area (TPSA) is 41.6 Å². The second kappa shape index (κ2) is 9.69.